The van der Waals surface area contributed by atoms with Crippen LogP contribution in [0.4, 0.5) is 13.2 Å². The smallest absolute Gasteiger partial charge is 0.475 e. The number of carboxylic acids is 1. The number of halogens is 3. The highest BCUT2D eigenvalue weighted by Gasteiger charge is 2.38. The quantitative estimate of drug-likeness (QED) is 0.294. The summed E-state index contributed by atoms with van der Waals surface area (Å²) in [6.07, 6.45) is 0.743. The van der Waals surface area contributed by atoms with Crippen molar-refractivity contribution in [2.45, 2.75) is 56.6 Å². The minimum atomic E-state index is -5.08. The second kappa shape index (κ2) is 15.1. The molecule has 14 heteroatoms. The first kappa shape index (κ1) is 33.6. The molecule has 0 unspecified atom stereocenters. The summed E-state index contributed by atoms with van der Waals surface area (Å²) in [5.74, 6) is -1.04. The van der Waals surface area contributed by atoms with Crippen LogP contribution >= 0.6 is 0 Å². The van der Waals surface area contributed by atoms with Crippen molar-refractivity contribution in [2.24, 2.45) is 5.92 Å². The van der Waals surface area contributed by atoms with Crippen molar-refractivity contribution in [3.8, 4) is 22.8 Å². The first-order chi connectivity index (χ1) is 20.9. The van der Waals surface area contributed by atoms with Gasteiger partial charge in [-0.3, -0.25) is 4.90 Å². The Bertz CT molecular complexity index is 1450. The minimum Gasteiger partial charge on any atom is -0.475 e. The van der Waals surface area contributed by atoms with Gasteiger partial charge in [-0.25, -0.2) is 17.9 Å². The molecule has 2 saturated heterocycles. The van der Waals surface area contributed by atoms with Crippen molar-refractivity contribution in [1.29, 1.82) is 0 Å². The first-order valence-corrected chi connectivity index (χ1v) is 16.2. The number of aromatic nitrogens is 2. The molecule has 0 radical (unpaired) electrons. The highest BCUT2D eigenvalue weighted by Crippen LogP contribution is 2.25. The first-order valence-electron chi connectivity index (χ1n) is 14.7. The summed E-state index contributed by atoms with van der Waals surface area (Å²) in [6.45, 7) is 9.22. The van der Waals surface area contributed by atoms with Crippen molar-refractivity contribution in [2.75, 3.05) is 39.3 Å². The fourth-order valence-electron chi connectivity index (χ4n) is 5.07. The van der Waals surface area contributed by atoms with E-state index in [2.05, 4.69) is 43.7 Å². The Kier molecular flexibility index (Phi) is 11.5. The number of nitrogens with zero attached hydrogens (tertiary/aromatic N) is 4. The van der Waals surface area contributed by atoms with Crippen molar-refractivity contribution < 1.29 is 36.0 Å². The number of piperidine rings is 1. The Morgan fingerprint density at radius 1 is 0.977 bits per heavy atom. The van der Waals surface area contributed by atoms with E-state index in [0.717, 1.165) is 57.2 Å². The van der Waals surface area contributed by atoms with Gasteiger partial charge in [-0.1, -0.05) is 36.3 Å². The topological polar surface area (TPSA) is 129 Å². The summed E-state index contributed by atoms with van der Waals surface area (Å²) < 4.78 is 65.2. The van der Waals surface area contributed by atoms with E-state index in [9.17, 15) is 21.6 Å². The summed E-state index contributed by atoms with van der Waals surface area (Å²) in [5, 5.41) is 11.3. The van der Waals surface area contributed by atoms with Crippen LogP contribution in [0.15, 0.2) is 57.9 Å². The van der Waals surface area contributed by atoms with Gasteiger partial charge >= 0.3 is 12.1 Å². The molecular formula is C30H38F3N5O5S. The van der Waals surface area contributed by atoms with Gasteiger partial charge in [0, 0.05) is 24.2 Å². The Labute approximate surface area is 255 Å². The predicted molar refractivity (Wildman–Crippen MR) is 158 cm³/mol. The lowest BCUT2D eigenvalue weighted by molar-refractivity contribution is -0.192. The van der Waals surface area contributed by atoms with Crippen LogP contribution in [-0.2, 0) is 21.4 Å². The molecule has 2 N–H and O–H groups in total. The summed E-state index contributed by atoms with van der Waals surface area (Å²) in [6, 6.07) is 14.9. The largest absolute Gasteiger partial charge is 0.490 e. The predicted octanol–water partition coefficient (Wildman–Crippen LogP) is 5.03. The van der Waals surface area contributed by atoms with Crippen LogP contribution in [0.5, 0.6) is 0 Å². The molecule has 2 aliphatic heterocycles. The van der Waals surface area contributed by atoms with Crippen LogP contribution in [0.1, 0.15) is 44.6 Å². The maximum absolute atomic E-state index is 12.7. The van der Waals surface area contributed by atoms with Gasteiger partial charge in [-0.15, -0.1) is 0 Å². The van der Waals surface area contributed by atoms with Gasteiger partial charge in [0.05, 0.1) is 4.90 Å². The molecule has 0 saturated carbocycles. The number of nitrogens with one attached hydrogen (secondary N) is 1. The van der Waals surface area contributed by atoms with E-state index < -0.39 is 22.2 Å². The van der Waals surface area contributed by atoms with Gasteiger partial charge in [-0.2, -0.15) is 18.2 Å². The Morgan fingerprint density at radius 2 is 1.57 bits per heavy atom. The third-order valence-corrected chi connectivity index (χ3v) is 9.19. The fourth-order valence-corrected chi connectivity index (χ4v) is 6.15. The number of alkyl halides is 3. The zero-order valence-electron chi connectivity index (χ0n) is 24.6. The van der Waals surface area contributed by atoms with Gasteiger partial charge < -0.3 is 14.5 Å². The SMILES string of the molecule is CC1CCN(Cc2ccc(-c3noc(-c4ccc(S(=O)(=O)NCCCN5CCCC5)cc4)n3)cc2)CC1.O=C(O)C(F)(F)F. The van der Waals surface area contributed by atoms with Crippen LogP contribution in [0.25, 0.3) is 22.8 Å². The van der Waals surface area contributed by atoms with Gasteiger partial charge in [-0.05, 0) is 101 Å². The molecule has 0 amide bonds. The molecule has 3 heterocycles. The highest BCUT2D eigenvalue weighted by molar-refractivity contribution is 7.89. The number of rotatable bonds is 10. The molecule has 1 aromatic heterocycles. The summed E-state index contributed by atoms with van der Waals surface area (Å²) in [4.78, 5) is 18.6. The van der Waals surface area contributed by atoms with Crippen LogP contribution in [0.3, 0.4) is 0 Å². The number of aliphatic carboxylic acids is 1. The van der Waals surface area contributed by atoms with E-state index in [-0.39, 0.29) is 4.90 Å². The number of sulfonamides is 1. The fraction of sp³-hybridized carbons (Fsp3) is 0.500. The maximum atomic E-state index is 12.7. The number of likely N-dealkylation sites (tertiary alicyclic amines) is 2. The van der Waals surface area contributed by atoms with Crippen molar-refractivity contribution >= 4 is 16.0 Å². The van der Waals surface area contributed by atoms with Crippen molar-refractivity contribution in [1.82, 2.24) is 24.7 Å². The van der Waals surface area contributed by atoms with E-state index in [4.69, 9.17) is 14.4 Å². The lowest BCUT2D eigenvalue weighted by Crippen LogP contribution is -2.32. The number of carboxylic acid groups (broad SMARTS) is 1. The molecule has 2 fully saturated rings. The third kappa shape index (κ3) is 9.84. The molecule has 0 aliphatic carbocycles. The molecule has 2 aromatic carbocycles. The normalized spacial score (nSPS) is 16.9. The van der Waals surface area contributed by atoms with Crippen LogP contribution in [0, 0.1) is 5.92 Å². The van der Waals surface area contributed by atoms with Crippen LogP contribution in [0.2, 0.25) is 0 Å². The highest BCUT2D eigenvalue weighted by atomic mass is 32.2. The molecule has 10 nitrogen and oxygen atoms in total. The van der Waals surface area contributed by atoms with E-state index >= 15 is 0 Å². The molecule has 3 aromatic rings. The second-order valence-electron chi connectivity index (χ2n) is 11.2. The Hall–Kier alpha value is -3.33. The minimum absolute atomic E-state index is 0.232. The average molecular weight is 638 g/mol. The zero-order valence-corrected chi connectivity index (χ0v) is 25.4. The summed E-state index contributed by atoms with van der Waals surface area (Å²) in [5.41, 5.74) is 2.86. The second-order valence-corrected chi connectivity index (χ2v) is 13.0. The molecule has 5 rings (SSSR count). The molecule has 240 valence electrons. The van der Waals surface area contributed by atoms with Gasteiger partial charge in [0.25, 0.3) is 5.89 Å². The molecule has 0 spiro atoms. The van der Waals surface area contributed by atoms with Crippen molar-refractivity contribution in [3.63, 3.8) is 0 Å². The number of benzene rings is 2. The lowest BCUT2D eigenvalue weighted by Gasteiger charge is -2.30. The molecular weight excluding hydrogens is 599 g/mol. The lowest BCUT2D eigenvalue weighted by atomic mass is 9.99. The summed E-state index contributed by atoms with van der Waals surface area (Å²) >= 11 is 0. The average Bonchev–Trinajstić information content (AvgIpc) is 3.70. The van der Waals surface area contributed by atoms with Crippen LogP contribution in [-0.4, -0.2) is 84.9 Å². The van der Waals surface area contributed by atoms with Gasteiger partial charge in [0.1, 0.15) is 0 Å². The standard InChI is InChI=1S/C28H37N5O3S.C2HF3O2/c1-22-13-19-33(20-14-22)21-23-5-7-24(8-6-23)27-30-28(36-31-27)25-9-11-26(12-10-25)37(34,35)29-15-4-18-32-16-2-3-17-32;3-2(4,5)1(6)7/h5-12,22,29H,2-4,13-21H2,1H3;(H,6,7). The van der Waals surface area contributed by atoms with E-state index in [1.54, 1.807) is 24.3 Å². The van der Waals surface area contributed by atoms with Gasteiger partial charge in [0.15, 0.2) is 0 Å². The molecule has 0 bridgehead atoms. The van der Waals surface area contributed by atoms with E-state index in [1.807, 2.05) is 12.1 Å². The molecule has 44 heavy (non-hydrogen) atoms. The number of hydrogen-bond donors (Lipinski definition) is 2. The number of carbonyl (C=O) groups is 1. The number of hydrogen-bond acceptors (Lipinski definition) is 8. The molecule has 2 aliphatic rings. The van der Waals surface area contributed by atoms with E-state index in [1.165, 1.54) is 31.2 Å². The monoisotopic (exact) mass is 637 g/mol. The molecule has 0 atom stereocenters. The van der Waals surface area contributed by atoms with E-state index in [0.29, 0.717) is 23.8 Å². The summed E-state index contributed by atoms with van der Waals surface area (Å²) in [7, 11) is -3.55. The zero-order chi connectivity index (χ0) is 31.7. The van der Waals surface area contributed by atoms with Crippen molar-refractivity contribution in [3.05, 3.63) is 54.1 Å². The maximum Gasteiger partial charge on any atom is 0.490 e. The van der Waals surface area contributed by atoms with Crippen LogP contribution < -0.4 is 4.72 Å². The van der Waals surface area contributed by atoms with Gasteiger partial charge in [0.2, 0.25) is 15.8 Å². The Balaban J connectivity index is 0.000000566. The third-order valence-electron chi connectivity index (χ3n) is 7.72. The Morgan fingerprint density at radius 3 is 2.16 bits per heavy atom.